The Hall–Kier alpha value is -1.84. The van der Waals surface area contributed by atoms with E-state index in [9.17, 15) is 0 Å². The highest BCUT2D eigenvalue weighted by Gasteiger charge is 2.01. The van der Waals surface area contributed by atoms with Crippen molar-refractivity contribution in [1.29, 1.82) is 0 Å². The Bertz CT molecular complexity index is 575. The van der Waals surface area contributed by atoms with Crippen LogP contribution in [-0.2, 0) is 7.05 Å². The van der Waals surface area contributed by atoms with E-state index in [1.54, 1.807) is 6.20 Å². The van der Waals surface area contributed by atoms with Gasteiger partial charge in [0.15, 0.2) is 0 Å². The molecule has 0 saturated carbocycles. The first-order valence-electron chi connectivity index (χ1n) is 4.09. The zero-order valence-corrected chi connectivity index (χ0v) is 7.18. The maximum atomic E-state index is 4.41. The quantitative estimate of drug-likeness (QED) is 0.511. The van der Waals surface area contributed by atoms with Crippen molar-refractivity contribution in [2.24, 2.45) is 7.05 Å². The molecule has 13 heavy (non-hydrogen) atoms. The molecule has 0 aliphatic rings. The molecule has 64 valence electrons. The summed E-state index contributed by atoms with van der Waals surface area (Å²) in [6.07, 6.45) is 7.68. The minimum Gasteiger partial charge on any atom is -0.335 e. The largest absolute Gasteiger partial charge is 0.335 e. The summed E-state index contributed by atoms with van der Waals surface area (Å²) in [5, 5.41) is 1.13. The molecular formula is C9H8N4. The fourth-order valence-corrected chi connectivity index (χ4v) is 1.52. The van der Waals surface area contributed by atoms with Crippen LogP contribution in [0, 0.1) is 0 Å². The summed E-state index contributed by atoms with van der Waals surface area (Å²) in [4.78, 5) is 8.54. The summed E-state index contributed by atoms with van der Waals surface area (Å²) in [5.74, 6) is 0.745. The summed E-state index contributed by atoms with van der Waals surface area (Å²) < 4.78 is 3.91. The van der Waals surface area contributed by atoms with Gasteiger partial charge in [0, 0.05) is 37.2 Å². The van der Waals surface area contributed by atoms with Gasteiger partial charge in [-0.1, -0.05) is 0 Å². The lowest BCUT2D eigenvalue weighted by atomic mass is 10.4. The third-order valence-corrected chi connectivity index (χ3v) is 2.20. The number of nitrogens with zero attached hydrogens (tertiary/aromatic N) is 4. The Kier molecular flexibility index (Phi) is 1.07. The molecule has 0 fully saturated rings. The minimum atomic E-state index is 0.745. The van der Waals surface area contributed by atoms with Gasteiger partial charge < -0.3 is 4.57 Å². The number of aryl methyl sites for hydroxylation is 1. The fourth-order valence-electron chi connectivity index (χ4n) is 1.52. The standard InChI is InChI=1S/C9H8N4/c1-12-4-2-7-6-13-5-3-10-9(13)11-8(7)12/h2-6H,1H3. The Morgan fingerprint density at radius 2 is 2.23 bits per heavy atom. The van der Waals surface area contributed by atoms with E-state index < -0.39 is 0 Å². The molecule has 0 unspecified atom stereocenters. The van der Waals surface area contributed by atoms with Crippen molar-refractivity contribution in [3.63, 3.8) is 0 Å². The highest BCUT2D eigenvalue weighted by Crippen LogP contribution is 2.12. The second kappa shape index (κ2) is 2.10. The van der Waals surface area contributed by atoms with Gasteiger partial charge in [-0.25, -0.2) is 4.98 Å². The van der Waals surface area contributed by atoms with Crippen LogP contribution >= 0.6 is 0 Å². The fraction of sp³-hybridized carbons (Fsp3) is 0.111. The monoisotopic (exact) mass is 172 g/mol. The number of rotatable bonds is 0. The molecular weight excluding hydrogens is 164 g/mol. The van der Waals surface area contributed by atoms with Gasteiger partial charge in [-0.3, -0.25) is 4.40 Å². The molecule has 3 heterocycles. The Morgan fingerprint density at radius 1 is 1.31 bits per heavy atom. The van der Waals surface area contributed by atoms with Crippen molar-refractivity contribution in [2.45, 2.75) is 0 Å². The zero-order chi connectivity index (χ0) is 8.84. The second-order valence-electron chi connectivity index (χ2n) is 3.08. The summed E-state index contributed by atoms with van der Waals surface area (Å²) in [6.45, 7) is 0. The number of hydrogen-bond donors (Lipinski definition) is 0. The third kappa shape index (κ3) is 0.796. The topological polar surface area (TPSA) is 35.1 Å². The zero-order valence-electron chi connectivity index (χ0n) is 7.18. The molecule has 0 amide bonds. The van der Waals surface area contributed by atoms with E-state index in [0.717, 1.165) is 16.8 Å². The molecule has 0 radical (unpaired) electrons. The SMILES string of the molecule is Cn1ccc2cn3ccnc3nc21. The molecule has 4 heteroatoms. The van der Waals surface area contributed by atoms with Gasteiger partial charge in [0.2, 0.25) is 5.78 Å². The predicted octanol–water partition coefficient (Wildman–Crippen LogP) is 1.22. The lowest BCUT2D eigenvalue weighted by Crippen LogP contribution is -1.92. The first kappa shape index (κ1) is 6.65. The highest BCUT2D eigenvalue weighted by molar-refractivity contribution is 5.76. The van der Waals surface area contributed by atoms with Gasteiger partial charge in [0.05, 0.1) is 0 Å². The number of fused-ring (bicyclic) bond motifs is 2. The molecule has 0 aliphatic carbocycles. The summed E-state index contributed by atoms with van der Waals surface area (Å²) >= 11 is 0. The molecule has 3 aromatic heterocycles. The predicted molar refractivity (Wildman–Crippen MR) is 49.5 cm³/mol. The molecule has 3 rings (SSSR count). The van der Waals surface area contributed by atoms with Crippen molar-refractivity contribution >= 4 is 16.8 Å². The third-order valence-electron chi connectivity index (χ3n) is 2.20. The van der Waals surface area contributed by atoms with Crippen molar-refractivity contribution in [1.82, 2.24) is 18.9 Å². The molecule has 4 nitrogen and oxygen atoms in total. The molecule has 0 aliphatic heterocycles. The van der Waals surface area contributed by atoms with Gasteiger partial charge in [-0.2, -0.15) is 4.98 Å². The van der Waals surface area contributed by atoms with E-state index in [-0.39, 0.29) is 0 Å². The van der Waals surface area contributed by atoms with Crippen LogP contribution in [0.3, 0.4) is 0 Å². The maximum Gasteiger partial charge on any atom is 0.235 e. The Labute approximate surface area is 74.5 Å². The van der Waals surface area contributed by atoms with Crippen molar-refractivity contribution in [3.8, 4) is 0 Å². The lowest BCUT2D eigenvalue weighted by Gasteiger charge is -1.95. The molecule has 0 spiro atoms. The Balaban J connectivity index is 2.59. The van der Waals surface area contributed by atoms with E-state index in [0.29, 0.717) is 0 Å². The van der Waals surface area contributed by atoms with Crippen LogP contribution < -0.4 is 0 Å². The normalized spacial score (nSPS) is 11.5. The van der Waals surface area contributed by atoms with E-state index in [1.165, 1.54) is 0 Å². The average molecular weight is 172 g/mol. The Morgan fingerprint density at radius 3 is 3.15 bits per heavy atom. The average Bonchev–Trinajstić information content (AvgIpc) is 2.70. The van der Waals surface area contributed by atoms with Gasteiger partial charge >= 0.3 is 0 Å². The van der Waals surface area contributed by atoms with E-state index in [4.69, 9.17) is 0 Å². The summed E-state index contributed by atoms with van der Waals surface area (Å²) in [7, 11) is 1.98. The molecule has 0 atom stereocenters. The smallest absolute Gasteiger partial charge is 0.235 e. The first-order valence-corrected chi connectivity index (χ1v) is 4.09. The van der Waals surface area contributed by atoms with Crippen LogP contribution in [0.15, 0.2) is 30.9 Å². The highest BCUT2D eigenvalue weighted by atomic mass is 15.1. The van der Waals surface area contributed by atoms with Crippen LogP contribution in [0.5, 0.6) is 0 Å². The molecule has 3 aromatic rings. The molecule has 0 bridgehead atoms. The maximum absolute atomic E-state index is 4.41. The van der Waals surface area contributed by atoms with Gasteiger partial charge in [-0.15, -0.1) is 0 Å². The first-order chi connectivity index (χ1) is 6.34. The number of aromatic nitrogens is 4. The van der Waals surface area contributed by atoms with Gasteiger partial charge in [0.1, 0.15) is 5.65 Å². The van der Waals surface area contributed by atoms with E-state index in [2.05, 4.69) is 9.97 Å². The van der Waals surface area contributed by atoms with Crippen LogP contribution in [0.25, 0.3) is 16.8 Å². The summed E-state index contributed by atoms with van der Waals surface area (Å²) in [6, 6.07) is 2.04. The van der Waals surface area contributed by atoms with Crippen molar-refractivity contribution in [3.05, 3.63) is 30.9 Å². The lowest BCUT2D eigenvalue weighted by molar-refractivity contribution is 0.945. The van der Waals surface area contributed by atoms with Crippen LogP contribution in [0.2, 0.25) is 0 Å². The summed E-state index contributed by atoms with van der Waals surface area (Å²) in [5.41, 5.74) is 0.971. The van der Waals surface area contributed by atoms with Crippen molar-refractivity contribution in [2.75, 3.05) is 0 Å². The van der Waals surface area contributed by atoms with E-state index >= 15 is 0 Å². The molecule has 0 saturated heterocycles. The van der Waals surface area contributed by atoms with Crippen LogP contribution in [0.4, 0.5) is 0 Å². The minimum absolute atomic E-state index is 0.745. The second-order valence-corrected chi connectivity index (χ2v) is 3.08. The molecule has 0 aromatic carbocycles. The number of hydrogen-bond acceptors (Lipinski definition) is 2. The van der Waals surface area contributed by atoms with Crippen LogP contribution in [0.1, 0.15) is 0 Å². The van der Waals surface area contributed by atoms with Crippen molar-refractivity contribution < 1.29 is 0 Å². The van der Waals surface area contributed by atoms with Crippen LogP contribution in [-0.4, -0.2) is 18.9 Å². The molecule has 0 N–H and O–H groups in total. The number of imidazole rings is 1. The van der Waals surface area contributed by atoms with Gasteiger partial charge in [0.25, 0.3) is 0 Å². The van der Waals surface area contributed by atoms with Gasteiger partial charge in [-0.05, 0) is 6.07 Å². The van der Waals surface area contributed by atoms with E-state index in [1.807, 2.05) is 40.7 Å².